The minimum atomic E-state index is -4.00. The summed E-state index contributed by atoms with van der Waals surface area (Å²) in [6, 6.07) is 11.8. The van der Waals surface area contributed by atoms with Gasteiger partial charge in [0.05, 0.1) is 21.2 Å². The van der Waals surface area contributed by atoms with Crippen molar-refractivity contribution < 1.29 is 13.3 Å². The molecule has 8 nitrogen and oxygen atoms in total. The number of nitro groups is 1. The summed E-state index contributed by atoms with van der Waals surface area (Å²) in [5, 5.41) is 12.8. The number of fused-ring (bicyclic) bond motifs is 1. The lowest BCUT2D eigenvalue weighted by atomic mass is 10.1. The minimum Gasteiger partial charge on any atom is -0.297 e. The Balaban J connectivity index is 1.73. The van der Waals surface area contributed by atoms with Gasteiger partial charge in [-0.15, -0.1) is 11.3 Å². The number of rotatable bonds is 5. The zero-order valence-corrected chi connectivity index (χ0v) is 15.3. The molecular weight excluding hydrogens is 388 g/mol. The summed E-state index contributed by atoms with van der Waals surface area (Å²) in [7, 11) is -4.00. The molecular formula is C17H12N4O4S2. The van der Waals surface area contributed by atoms with Crippen molar-refractivity contribution in [3.05, 3.63) is 76.4 Å². The van der Waals surface area contributed by atoms with Gasteiger partial charge in [-0.1, -0.05) is 24.3 Å². The summed E-state index contributed by atoms with van der Waals surface area (Å²) in [6.07, 6.45) is 3.68. The Morgan fingerprint density at radius 3 is 2.74 bits per heavy atom. The first-order valence-electron chi connectivity index (χ1n) is 7.73. The van der Waals surface area contributed by atoms with Crippen LogP contribution in [0.5, 0.6) is 0 Å². The molecule has 2 heterocycles. The molecule has 136 valence electrons. The standard InChI is InChI=1S/C17H12N4O4S2/c22-21(23)12-4-3-5-13(10-12)27(24,25)19-15-7-2-1-6-14(15)16-11-20-8-9-26-17(20)18-16/h1-11,19H. The van der Waals surface area contributed by atoms with Gasteiger partial charge in [0.15, 0.2) is 4.96 Å². The SMILES string of the molecule is O=[N+]([O-])c1cccc(S(=O)(=O)Nc2ccccc2-c2cn3ccsc3n2)c1. The second kappa shape index (κ2) is 6.49. The third-order valence-corrected chi connectivity index (χ3v) is 6.01. The van der Waals surface area contributed by atoms with Crippen molar-refractivity contribution in [1.29, 1.82) is 0 Å². The van der Waals surface area contributed by atoms with Gasteiger partial charge in [0.25, 0.3) is 15.7 Å². The van der Waals surface area contributed by atoms with Crippen LogP contribution in [0.25, 0.3) is 16.2 Å². The molecule has 2 aromatic heterocycles. The highest BCUT2D eigenvalue weighted by molar-refractivity contribution is 7.92. The molecule has 0 aliphatic heterocycles. The lowest BCUT2D eigenvalue weighted by Gasteiger charge is -2.11. The van der Waals surface area contributed by atoms with Gasteiger partial charge in [-0.3, -0.25) is 19.2 Å². The highest BCUT2D eigenvalue weighted by Crippen LogP contribution is 2.30. The van der Waals surface area contributed by atoms with E-state index in [1.807, 2.05) is 22.2 Å². The van der Waals surface area contributed by atoms with Crippen LogP contribution in [0, 0.1) is 10.1 Å². The van der Waals surface area contributed by atoms with E-state index in [-0.39, 0.29) is 10.6 Å². The lowest BCUT2D eigenvalue weighted by molar-refractivity contribution is -0.385. The van der Waals surface area contributed by atoms with E-state index in [1.54, 1.807) is 24.3 Å². The van der Waals surface area contributed by atoms with Crippen LogP contribution in [0.1, 0.15) is 0 Å². The van der Waals surface area contributed by atoms with E-state index in [4.69, 9.17) is 0 Å². The number of nitrogens with one attached hydrogen (secondary N) is 1. The highest BCUT2D eigenvalue weighted by atomic mass is 32.2. The molecule has 0 aliphatic rings. The molecule has 2 aromatic carbocycles. The van der Waals surface area contributed by atoms with E-state index in [1.165, 1.54) is 29.5 Å². The largest absolute Gasteiger partial charge is 0.297 e. The predicted octanol–water partition coefficient (Wildman–Crippen LogP) is 3.77. The minimum absolute atomic E-state index is 0.183. The van der Waals surface area contributed by atoms with Crippen LogP contribution in [-0.2, 0) is 10.0 Å². The molecule has 0 unspecified atom stereocenters. The molecule has 0 aliphatic carbocycles. The number of hydrogen-bond donors (Lipinski definition) is 1. The highest BCUT2D eigenvalue weighted by Gasteiger charge is 2.20. The molecule has 0 spiro atoms. The van der Waals surface area contributed by atoms with Gasteiger partial charge in [0.1, 0.15) is 0 Å². The zero-order valence-electron chi connectivity index (χ0n) is 13.6. The summed E-state index contributed by atoms with van der Waals surface area (Å²) in [4.78, 5) is 15.4. The Hall–Kier alpha value is -3.24. The fourth-order valence-corrected chi connectivity index (χ4v) is 4.44. The summed E-state index contributed by atoms with van der Waals surface area (Å²) in [5.74, 6) is 0. The van der Waals surface area contributed by atoms with E-state index in [2.05, 4.69) is 9.71 Å². The Bertz CT molecular complexity index is 1230. The van der Waals surface area contributed by atoms with E-state index < -0.39 is 14.9 Å². The van der Waals surface area contributed by atoms with Crippen molar-refractivity contribution in [2.45, 2.75) is 4.90 Å². The summed E-state index contributed by atoms with van der Waals surface area (Å²) >= 11 is 1.47. The van der Waals surface area contributed by atoms with Gasteiger partial charge in [0.2, 0.25) is 0 Å². The maximum absolute atomic E-state index is 12.7. The van der Waals surface area contributed by atoms with Crippen LogP contribution in [0.3, 0.4) is 0 Å². The molecule has 1 N–H and O–H groups in total. The fourth-order valence-electron chi connectivity index (χ4n) is 2.62. The zero-order chi connectivity index (χ0) is 19.0. The number of hydrogen-bond acceptors (Lipinski definition) is 6. The molecule has 0 saturated carbocycles. The molecule has 0 radical (unpaired) electrons. The van der Waals surface area contributed by atoms with Crippen molar-refractivity contribution in [2.24, 2.45) is 0 Å². The smallest absolute Gasteiger partial charge is 0.270 e. The van der Waals surface area contributed by atoms with E-state index in [9.17, 15) is 18.5 Å². The van der Waals surface area contributed by atoms with Crippen LogP contribution in [0.15, 0.2) is 71.2 Å². The number of aromatic nitrogens is 2. The maximum atomic E-state index is 12.7. The molecule has 0 amide bonds. The number of para-hydroxylation sites is 1. The molecule has 10 heteroatoms. The van der Waals surface area contributed by atoms with Gasteiger partial charge in [-0.25, -0.2) is 13.4 Å². The topological polar surface area (TPSA) is 107 Å². The van der Waals surface area contributed by atoms with Gasteiger partial charge in [0, 0.05) is 35.5 Å². The van der Waals surface area contributed by atoms with Gasteiger partial charge >= 0.3 is 0 Å². The average Bonchev–Trinajstić information content (AvgIpc) is 3.24. The summed E-state index contributed by atoms with van der Waals surface area (Å²) < 4.78 is 29.8. The van der Waals surface area contributed by atoms with Gasteiger partial charge < -0.3 is 0 Å². The number of anilines is 1. The monoisotopic (exact) mass is 400 g/mol. The number of non-ortho nitro benzene ring substituents is 1. The van der Waals surface area contributed by atoms with E-state index in [0.29, 0.717) is 16.9 Å². The molecule has 0 fully saturated rings. The lowest BCUT2D eigenvalue weighted by Crippen LogP contribution is -2.13. The Kier molecular flexibility index (Phi) is 4.13. The van der Waals surface area contributed by atoms with Crippen molar-refractivity contribution in [1.82, 2.24) is 9.38 Å². The molecule has 0 atom stereocenters. The quantitative estimate of drug-likeness (QED) is 0.405. The first kappa shape index (κ1) is 17.2. The van der Waals surface area contributed by atoms with Crippen molar-refractivity contribution in [3.8, 4) is 11.3 Å². The van der Waals surface area contributed by atoms with Gasteiger partial charge in [-0.2, -0.15) is 0 Å². The number of sulfonamides is 1. The molecule has 0 bridgehead atoms. The van der Waals surface area contributed by atoms with Crippen LogP contribution in [0.4, 0.5) is 11.4 Å². The Morgan fingerprint density at radius 2 is 1.96 bits per heavy atom. The van der Waals surface area contributed by atoms with E-state index in [0.717, 1.165) is 11.0 Å². The number of nitro benzene ring substituents is 1. The first-order chi connectivity index (χ1) is 12.9. The Morgan fingerprint density at radius 1 is 1.15 bits per heavy atom. The second-order valence-corrected chi connectivity index (χ2v) is 8.18. The maximum Gasteiger partial charge on any atom is 0.270 e. The fraction of sp³-hybridized carbons (Fsp3) is 0. The second-order valence-electron chi connectivity index (χ2n) is 5.62. The van der Waals surface area contributed by atoms with Crippen LogP contribution in [0.2, 0.25) is 0 Å². The van der Waals surface area contributed by atoms with Gasteiger partial charge in [-0.05, 0) is 12.1 Å². The van der Waals surface area contributed by atoms with Crippen LogP contribution < -0.4 is 4.72 Å². The number of thiazole rings is 1. The van der Waals surface area contributed by atoms with Crippen LogP contribution in [-0.4, -0.2) is 22.7 Å². The third-order valence-electron chi connectivity index (χ3n) is 3.88. The number of nitrogens with zero attached hydrogens (tertiary/aromatic N) is 3. The summed E-state index contributed by atoms with van der Waals surface area (Å²) in [5.41, 5.74) is 1.29. The molecule has 4 aromatic rings. The molecule has 27 heavy (non-hydrogen) atoms. The third kappa shape index (κ3) is 3.27. The van der Waals surface area contributed by atoms with Crippen molar-refractivity contribution >= 4 is 37.7 Å². The molecule has 0 saturated heterocycles. The molecule has 4 rings (SSSR count). The Labute approximate surface area is 157 Å². The van der Waals surface area contributed by atoms with Crippen molar-refractivity contribution in [2.75, 3.05) is 4.72 Å². The van der Waals surface area contributed by atoms with Crippen LogP contribution >= 0.6 is 11.3 Å². The van der Waals surface area contributed by atoms with E-state index >= 15 is 0 Å². The normalized spacial score (nSPS) is 11.6. The number of benzene rings is 2. The summed E-state index contributed by atoms with van der Waals surface area (Å²) in [6.45, 7) is 0. The first-order valence-corrected chi connectivity index (χ1v) is 10.1. The number of imidazole rings is 1. The predicted molar refractivity (Wildman–Crippen MR) is 102 cm³/mol. The average molecular weight is 400 g/mol. The van der Waals surface area contributed by atoms with Crippen molar-refractivity contribution in [3.63, 3.8) is 0 Å².